The van der Waals surface area contributed by atoms with E-state index in [2.05, 4.69) is 0 Å². The molecule has 2 aromatic carbocycles. The van der Waals surface area contributed by atoms with E-state index in [1.165, 1.54) is 0 Å². The Hall–Kier alpha value is -1.24. The van der Waals surface area contributed by atoms with Crippen molar-refractivity contribution in [3.05, 3.63) is 36.4 Å². The largest absolute Gasteiger partial charge is 1.14 e. The molecule has 14 heavy (non-hydrogen) atoms. The van der Waals surface area contributed by atoms with Crippen LogP contribution in [0.1, 0.15) is 0 Å². The SMILES string of the molecule is [F][Al]1[O]c2cccc3cccc(c23)[O]1. The zero-order valence-electron chi connectivity index (χ0n) is 7.24. The molecule has 0 radical (unpaired) electrons. The van der Waals surface area contributed by atoms with Crippen LogP contribution in [0.4, 0.5) is 3.52 Å². The summed E-state index contributed by atoms with van der Waals surface area (Å²) < 4.78 is 23.2. The van der Waals surface area contributed by atoms with Crippen LogP contribution in [-0.4, -0.2) is 15.3 Å². The van der Waals surface area contributed by atoms with E-state index >= 15 is 0 Å². The van der Waals surface area contributed by atoms with Crippen LogP contribution in [0.15, 0.2) is 36.4 Å². The van der Waals surface area contributed by atoms with Gasteiger partial charge in [-0.15, -0.1) is 0 Å². The van der Waals surface area contributed by atoms with Crippen molar-refractivity contribution in [1.29, 1.82) is 0 Å². The van der Waals surface area contributed by atoms with Gasteiger partial charge >= 0.3 is 15.3 Å². The number of rotatable bonds is 0. The molecule has 4 heteroatoms. The Bertz CT molecular complexity index is 460. The maximum atomic E-state index is 13.1. The molecule has 0 fully saturated rings. The van der Waals surface area contributed by atoms with Crippen LogP contribution in [0.2, 0.25) is 0 Å². The lowest BCUT2D eigenvalue weighted by molar-refractivity contribution is 0.350. The molecular formula is C10H6AlFO2. The van der Waals surface area contributed by atoms with Crippen LogP contribution in [0, 0.1) is 0 Å². The Balaban J connectivity index is 2.40. The molecule has 1 aliphatic rings. The smallest absolute Gasteiger partial charge is 0.585 e. The van der Waals surface area contributed by atoms with Gasteiger partial charge in [0.2, 0.25) is 0 Å². The summed E-state index contributed by atoms with van der Waals surface area (Å²) in [6, 6.07) is 11.2. The van der Waals surface area contributed by atoms with Gasteiger partial charge in [0.1, 0.15) is 0 Å². The van der Waals surface area contributed by atoms with E-state index in [4.69, 9.17) is 7.58 Å². The summed E-state index contributed by atoms with van der Waals surface area (Å²) in [5.74, 6) is 1.20. The number of halogens is 1. The molecule has 2 nitrogen and oxygen atoms in total. The molecule has 2 aromatic rings. The molecule has 1 heterocycles. The molecule has 0 saturated heterocycles. The van der Waals surface area contributed by atoms with Gasteiger partial charge in [-0.05, 0) is 17.5 Å². The van der Waals surface area contributed by atoms with Crippen molar-refractivity contribution in [1.82, 2.24) is 0 Å². The fourth-order valence-corrected chi connectivity index (χ4v) is 2.53. The zero-order valence-corrected chi connectivity index (χ0v) is 8.39. The molecule has 1 aliphatic heterocycles. The molecule has 0 saturated carbocycles. The maximum absolute atomic E-state index is 13.1. The van der Waals surface area contributed by atoms with E-state index in [0.717, 1.165) is 10.8 Å². The zero-order chi connectivity index (χ0) is 9.54. The Kier molecular flexibility index (Phi) is 1.66. The van der Waals surface area contributed by atoms with E-state index in [-0.39, 0.29) is 0 Å². The predicted octanol–water partition coefficient (Wildman–Crippen LogP) is 2.57. The third-order valence-corrected chi connectivity index (χ3v) is 3.15. The molecular weight excluding hydrogens is 198 g/mol. The Morgan fingerprint density at radius 1 is 0.929 bits per heavy atom. The molecule has 0 spiro atoms. The predicted molar refractivity (Wildman–Crippen MR) is 52.1 cm³/mol. The summed E-state index contributed by atoms with van der Waals surface area (Å²) in [5, 5.41) is 1.89. The molecule has 0 aliphatic carbocycles. The first-order valence-corrected chi connectivity index (χ1v) is 5.72. The van der Waals surface area contributed by atoms with Gasteiger partial charge in [0, 0.05) is 0 Å². The second-order valence-corrected chi connectivity index (χ2v) is 4.14. The minimum absolute atomic E-state index is 0.600. The number of hydrogen-bond acceptors (Lipinski definition) is 2. The van der Waals surface area contributed by atoms with Crippen molar-refractivity contribution < 1.29 is 11.1 Å². The van der Waals surface area contributed by atoms with Crippen molar-refractivity contribution in [3.63, 3.8) is 0 Å². The first-order valence-electron chi connectivity index (χ1n) is 4.34. The van der Waals surface area contributed by atoms with Crippen LogP contribution in [0.25, 0.3) is 10.8 Å². The van der Waals surface area contributed by atoms with Crippen molar-refractivity contribution >= 4 is 26.0 Å². The first-order chi connectivity index (χ1) is 6.84. The van der Waals surface area contributed by atoms with Gasteiger partial charge in [0.05, 0.1) is 16.9 Å². The normalized spacial score (nSPS) is 13.6. The molecule has 68 valence electrons. The van der Waals surface area contributed by atoms with E-state index < -0.39 is 15.3 Å². The molecule has 0 atom stereocenters. The van der Waals surface area contributed by atoms with Gasteiger partial charge in [-0.3, -0.25) is 0 Å². The third-order valence-electron chi connectivity index (χ3n) is 2.27. The van der Waals surface area contributed by atoms with E-state index in [0.29, 0.717) is 11.5 Å². The van der Waals surface area contributed by atoms with Gasteiger partial charge in [-0.25, -0.2) is 0 Å². The van der Waals surface area contributed by atoms with Crippen molar-refractivity contribution in [2.75, 3.05) is 0 Å². The van der Waals surface area contributed by atoms with E-state index in [1.54, 1.807) is 12.1 Å². The molecule has 0 amide bonds. The van der Waals surface area contributed by atoms with Crippen molar-refractivity contribution in [3.8, 4) is 11.5 Å². The summed E-state index contributed by atoms with van der Waals surface area (Å²) in [4.78, 5) is 0. The minimum Gasteiger partial charge on any atom is -0.585 e. The summed E-state index contributed by atoms with van der Waals surface area (Å²) in [6.07, 6.45) is 0. The average Bonchev–Trinajstić information content (AvgIpc) is 2.18. The van der Waals surface area contributed by atoms with Gasteiger partial charge < -0.3 is 11.1 Å². The van der Waals surface area contributed by atoms with Crippen molar-refractivity contribution in [2.24, 2.45) is 0 Å². The van der Waals surface area contributed by atoms with E-state index in [9.17, 15) is 3.52 Å². The topological polar surface area (TPSA) is 18.5 Å². The average molecular weight is 204 g/mol. The second-order valence-electron chi connectivity index (χ2n) is 3.12. The lowest BCUT2D eigenvalue weighted by Gasteiger charge is -2.20. The second kappa shape index (κ2) is 2.88. The highest BCUT2D eigenvalue weighted by molar-refractivity contribution is 6.39. The van der Waals surface area contributed by atoms with Gasteiger partial charge in [0.25, 0.3) is 0 Å². The van der Waals surface area contributed by atoms with E-state index in [1.807, 2.05) is 24.3 Å². The Labute approximate surface area is 85.4 Å². The fourth-order valence-electron chi connectivity index (χ4n) is 1.69. The molecule has 0 bridgehead atoms. The summed E-state index contributed by atoms with van der Waals surface area (Å²) in [7, 11) is 0. The molecule has 0 unspecified atom stereocenters. The summed E-state index contributed by atoms with van der Waals surface area (Å²) >= 11 is -3.00. The highest BCUT2D eigenvalue weighted by atomic mass is 27.3. The lowest BCUT2D eigenvalue weighted by Crippen LogP contribution is -2.27. The highest BCUT2D eigenvalue weighted by Gasteiger charge is 2.41. The quantitative estimate of drug-likeness (QED) is 0.614. The summed E-state index contributed by atoms with van der Waals surface area (Å²) in [6.45, 7) is 0. The lowest BCUT2D eigenvalue weighted by atomic mass is 10.1. The van der Waals surface area contributed by atoms with Gasteiger partial charge in [0.15, 0.2) is 0 Å². The van der Waals surface area contributed by atoms with Crippen molar-refractivity contribution in [2.45, 2.75) is 0 Å². The highest BCUT2D eigenvalue weighted by Crippen LogP contribution is 2.37. The number of hydrogen-bond donors (Lipinski definition) is 0. The Morgan fingerprint density at radius 2 is 1.50 bits per heavy atom. The standard InChI is InChI=1S/C10H8O2.Al.FH/c11-8-5-1-3-7-4-2-6-9(12)10(7)8;;/h1-6,11-12H;;1H/q;+3;/p-3. The number of benzene rings is 2. The molecule has 0 N–H and O–H groups in total. The third kappa shape index (κ3) is 1.08. The Morgan fingerprint density at radius 3 is 2.07 bits per heavy atom. The van der Waals surface area contributed by atoms with Gasteiger partial charge in [-0.2, -0.15) is 0 Å². The maximum Gasteiger partial charge on any atom is 1.14 e. The minimum atomic E-state index is -3.00. The molecule has 0 aromatic heterocycles. The van der Waals surface area contributed by atoms with Crippen LogP contribution in [-0.2, 0) is 0 Å². The van der Waals surface area contributed by atoms with Crippen LogP contribution >= 0.6 is 0 Å². The molecule has 3 rings (SSSR count). The first kappa shape index (κ1) is 8.10. The monoisotopic (exact) mass is 204 g/mol. The van der Waals surface area contributed by atoms with Crippen LogP contribution in [0.5, 0.6) is 11.5 Å². The fraction of sp³-hybridized carbons (Fsp3) is 0. The van der Waals surface area contributed by atoms with Gasteiger partial charge in [-0.1, -0.05) is 24.3 Å². The summed E-state index contributed by atoms with van der Waals surface area (Å²) in [5.41, 5.74) is 0. The van der Waals surface area contributed by atoms with Crippen LogP contribution in [0.3, 0.4) is 0 Å². The van der Waals surface area contributed by atoms with Crippen LogP contribution < -0.4 is 7.58 Å².